The summed E-state index contributed by atoms with van der Waals surface area (Å²) in [5.41, 5.74) is 6.77. The number of amides is 2. The fraction of sp³-hybridized carbons (Fsp3) is 0.500. The van der Waals surface area contributed by atoms with Crippen LogP contribution >= 0.6 is 0 Å². The van der Waals surface area contributed by atoms with Gasteiger partial charge in [0.2, 0.25) is 11.8 Å². The molecule has 1 aromatic rings. The molecule has 0 saturated heterocycles. The summed E-state index contributed by atoms with van der Waals surface area (Å²) in [5, 5.41) is 14.0. The van der Waals surface area contributed by atoms with E-state index in [9.17, 15) is 14.4 Å². The molecule has 7 nitrogen and oxygen atoms in total. The van der Waals surface area contributed by atoms with E-state index in [1.165, 1.54) is 6.92 Å². The maximum Gasteiger partial charge on any atom is 0.325 e. The van der Waals surface area contributed by atoms with Crippen molar-refractivity contribution in [2.24, 2.45) is 11.7 Å². The number of carbonyl (C=O) groups is 3. The van der Waals surface area contributed by atoms with Crippen LogP contribution in [0.2, 0.25) is 0 Å². The molecule has 0 spiro atoms. The van der Waals surface area contributed by atoms with E-state index in [2.05, 4.69) is 10.6 Å². The lowest BCUT2D eigenvalue weighted by molar-refractivity contribution is -0.141. The Morgan fingerprint density at radius 1 is 1.08 bits per heavy atom. The molecule has 0 saturated carbocycles. The molecule has 0 aromatic heterocycles. The predicted octanol–water partition coefficient (Wildman–Crippen LogP) is 0.677. The molecule has 4 atom stereocenters. The SMILES string of the molecule is CCC(C)C(N)C(=O)NC(Cc1ccccc1)C(=O)NC(C)C(=O)O. The third-order valence-corrected chi connectivity index (χ3v) is 4.20. The van der Waals surface area contributed by atoms with E-state index in [1.807, 2.05) is 44.2 Å². The summed E-state index contributed by atoms with van der Waals surface area (Å²) in [6, 6.07) is 6.50. The molecule has 25 heavy (non-hydrogen) atoms. The van der Waals surface area contributed by atoms with Gasteiger partial charge in [0.25, 0.3) is 0 Å². The van der Waals surface area contributed by atoms with Crippen LogP contribution in [0.25, 0.3) is 0 Å². The fourth-order valence-corrected chi connectivity index (χ4v) is 2.22. The van der Waals surface area contributed by atoms with Crippen molar-refractivity contribution >= 4 is 17.8 Å². The molecule has 0 aliphatic heterocycles. The first kappa shape index (κ1) is 20.6. The molecule has 1 aromatic carbocycles. The lowest BCUT2D eigenvalue weighted by Crippen LogP contribution is -2.55. The number of carbonyl (C=O) groups excluding carboxylic acids is 2. The topological polar surface area (TPSA) is 122 Å². The van der Waals surface area contributed by atoms with Crippen molar-refractivity contribution in [2.45, 2.75) is 51.7 Å². The predicted molar refractivity (Wildman–Crippen MR) is 94.7 cm³/mol. The van der Waals surface area contributed by atoms with Crippen LogP contribution in [-0.4, -0.2) is 41.0 Å². The van der Waals surface area contributed by atoms with Crippen molar-refractivity contribution in [1.29, 1.82) is 0 Å². The molecule has 0 aliphatic rings. The third-order valence-electron chi connectivity index (χ3n) is 4.20. The summed E-state index contributed by atoms with van der Waals surface area (Å²) < 4.78 is 0. The molecule has 1 rings (SSSR count). The standard InChI is InChI=1S/C18H27N3O4/c1-4-11(2)15(19)17(23)21-14(10-13-8-6-5-7-9-13)16(22)20-12(3)18(24)25/h5-9,11-12,14-15H,4,10,19H2,1-3H3,(H,20,22)(H,21,23)(H,24,25). The second-order valence-electron chi connectivity index (χ2n) is 6.23. The Bertz CT molecular complexity index is 591. The summed E-state index contributed by atoms with van der Waals surface area (Å²) in [4.78, 5) is 35.7. The van der Waals surface area contributed by atoms with Crippen molar-refractivity contribution in [3.63, 3.8) is 0 Å². The Morgan fingerprint density at radius 3 is 2.20 bits per heavy atom. The van der Waals surface area contributed by atoms with E-state index in [0.29, 0.717) is 0 Å². The van der Waals surface area contributed by atoms with Gasteiger partial charge in [0, 0.05) is 6.42 Å². The van der Waals surface area contributed by atoms with Crippen molar-refractivity contribution in [1.82, 2.24) is 10.6 Å². The van der Waals surface area contributed by atoms with Gasteiger partial charge in [0.1, 0.15) is 12.1 Å². The molecule has 0 radical (unpaired) electrons. The minimum absolute atomic E-state index is 0.0293. The van der Waals surface area contributed by atoms with Crippen LogP contribution in [0.15, 0.2) is 30.3 Å². The van der Waals surface area contributed by atoms with Crippen LogP contribution in [-0.2, 0) is 20.8 Å². The second-order valence-corrected chi connectivity index (χ2v) is 6.23. The van der Waals surface area contributed by atoms with E-state index < -0.39 is 35.9 Å². The Labute approximate surface area is 148 Å². The zero-order chi connectivity index (χ0) is 19.0. The van der Waals surface area contributed by atoms with Gasteiger partial charge in [0.15, 0.2) is 0 Å². The lowest BCUT2D eigenvalue weighted by atomic mass is 9.98. The molecule has 0 bridgehead atoms. The minimum Gasteiger partial charge on any atom is -0.480 e. The molecule has 138 valence electrons. The van der Waals surface area contributed by atoms with Gasteiger partial charge >= 0.3 is 5.97 Å². The highest BCUT2D eigenvalue weighted by atomic mass is 16.4. The molecule has 4 unspecified atom stereocenters. The van der Waals surface area contributed by atoms with E-state index >= 15 is 0 Å². The maximum atomic E-state index is 12.4. The zero-order valence-electron chi connectivity index (χ0n) is 14.9. The van der Waals surface area contributed by atoms with E-state index in [0.717, 1.165) is 12.0 Å². The highest BCUT2D eigenvalue weighted by Crippen LogP contribution is 2.08. The smallest absolute Gasteiger partial charge is 0.325 e. The molecule has 0 aliphatic carbocycles. The number of hydrogen-bond donors (Lipinski definition) is 4. The summed E-state index contributed by atoms with van der Waals surface area (Å²) in [6.07, 6.45) is 0.984. The molecule has 0 heterocycles. The van der Waals surface area contributed by atoms with Crippen LogP contribution in [0.5, 0.6) is 0 Å². The van der Waals surface area contributed by atoms with Gasteiger partial charge in [-0.2, -0.15) is 0 Å². The second kappa shape index (κ2) is 9.78. The van der Waals surface area contributed by atoms with Gasteiger partial charge < -0.3 is 21.5 Å². The number of benzene rings is 1. The van der Waals surface area contributed by atoms with E-state index in [4.69, 9.17) is 10.8 Å². The van der Waals surface area contributed by atoms with Crippen LogP contribution in [0.3, 0.4) is 0 Å². The highest BCUT2D eigenvalue weighted by molar-refractivity contribution is 5.91. The Hall–Kier alpha value is -2.41. The number of nitrogens with one attached hydrogen (secondary N) is 2. The average Bonchev–Trinajstić information content (AvgIpc) is 2.60. The van der Waals surface area contributed by atoms with Crippen molar-refractivity contribution in [3.8, 4) is 0 Å². The van der Waals surface area contributed by atoms with E-state index in [1.54, 1.807) is 0 Å². The Kier molecular flexibility index (Phi) is 8.07. The number of nitrogens with two attached hydrogens (primary N) is 1. The van der Waals surface area contributed by atoms with Crippen LogP contribution in [0, 0.1) is 5.92 Å². The average molecular weight is 349 g/mol. The Balaban J connectivity index is 2.88. The van der Waals surface area contributed by atoms with Crippen molar-refractivity contribution < 1.29 is 19.5 Å². The van der Waals surface area contributed by atoms with Crippen molar-refractivity contribution in [3.05, 3.63) is 35.9 Å². The molecule has 2 amide bonds. The molecule has 0 fully saturated rings. The van der Waals surface area contributed by atoms with Crippen LogP contribution < -0.4 is 16.4 Å². The quantitative estimate of drug-likeness (QED) is 0.522. The van der Waals surface area contributed by atoms with E-state index in [-0.39, 0.29) is 12.3 Å². The third kappa shape index (κ3) is 6.54. The zero-order valence-corrected chi connectivity index (χ0v) is 14.9. The monoisotopic (exact) mass is 349 g/mol. The number of hydrogen-bond acceptors (Lipinski definition) is 4. The van der Waals surface area contributed by atoms with Crippen molar-refractivity contribution in [2.75, 3.05) is 0 Å². The first-order valence-electron chi connectivity index (χ1n) is 8.39. The summed E-state index contributed by atoms with van der Waals surface area (Å²) >= 11 is 0. The number of rotatable bonds is 9. The van der Waals surface area contributed by atoms with Gasteiger partial charge in [0.05, 0.1) is 6.04 Å². The maximum absolute atomic E-state index is 12.4. The number of carboxylic acid groups (broad SMARTS) is 1. The van der Waals surface area contributed by atoms with Gasteiger partial charge in [-0.1, -0.05) is 50.6 Å². The first-order chi connectivity index (χ1) is 11.8. The van der Waals surface area contributed by atoms with Crippen LogP contribution in [0.1, 0.15) is 32.8 Å². The molecule has 5 N–H and O–H groups in total. The summed E-state index contributed by atoms with van der Waals surface area (Å²) in [5.74, 6) is -2.15. The molecular formula is C18H27N3O4. The highest BCUT2D eigenvalue weighted by Gasteiger charge is 2.27. The summed E-state index contributed by atoms with van der Waals surface area (Å²) in [6.45, 7) is 5.16. The minimum atomic E-state index is -1.14. The van der Waals surface area contributed by atoms with Gasteiger partial charge in [-0.15, -0.1) is 0 Å². The van der Waals surface area contributed by atoms with Gasteiger partial charge in [-0.05, 0) is 18.4 Å². The first-order valence-corrected chi connectivity index (χ1v) is 8.39. The Morgan fingerprint density at radius 2 is 1.68 bits per heavy atom. The summed E-state index contributed by atoms with van der Waals surface area (Å²) in [7, 11) is 0. The number of aliphatic carboxylic acids is 1. The van der Waals surface area contributed by atoms with Gasteiger partial charge in [-0.25, -0.2) is 0 Å². The van der Waals surface area contributed by atoms with Gasteiger partial charge in [-0.3, -0.25) is 14.4 Å². The van der Waals surface area contributed by atoms with Crippen LogP contribution in [0.4, 0.5) is 0 Å². The lowest BCUT2D eigenvalue weighted by Gasteiger charge is -2.24. The normalized spacial score (nSPS) is 15.5. The molecular weight excluding hydrogens is 322 g/mol. The fourth-order valence-electron chi connectivity index (χ4n) is 2.22. The largest absolute Gasteiger partial charge is 0.480 e. The molecule has 7 heteroatoms. The number of carboxylic acids is 1.